The fraction of sp³-hybridized carbons (Fsp3) is 0.588. The molecule has 1 aliphatic carbocycles. The van der Waals surface area contributed by atoms with Gasteiger partial charge in [-0.3, -0.25) is 14.6 Å². The number of carbonyl (C=O) groups excluding carboxylic acids is 1. The Morgan fingerprint density at radius 3 is 2.38 bits per heavy atom. The zero-order chi connectivity index (χ0) is 18.1. The van der Waals surface area contributed by atoms with E-state index in [1.165, 1.54) is 16.8 Å². The first-order valence-corrected chi connectivity index (χ1v) is 9.01. The maximum absolute atomic E-state index is 12.4. The van der Waals surface area contributed by atoms with Crippen molar-refractivity contribution in [3.63, 3.8) is 0 Å². The normalized spacial score (nSPS) is 18.2. The Hall–Kier alpha value is -2.71. The molecule has 2 aromatic heterocycles. The maximum atomic E-state index is 12.4. The molecule has 0 atom stereocenters. The van der Waals surface area contributed by atoms with Gasteiger partial charge in [-0.05, 0) is 25.7 Å². The monoisotopic (exact) mass is 359 g/mol. The van der Waals surface area contributed by atoms with E-state index in [0.717, 1.165) is 31.6 Å². The molecule has 0 radical (unpaired) electrons. The van der Waals surface area contributed by atoms with Gasteiger partial charge in [0.25, 0.3) is 5.56 Å². The Labute approximate surface area is 149 Å². The smallest absolute Gasteiger partial charge is 0.328 e. The van der Waals surface area contributed by atoms with Crippen LogP contribution in [-0.4, -0.2) is 43.6 Å². The van der Waals surface area contributed by atoms with Gasteiger partial charge in [0, 0.05) is 50.2 Å². The molecule has 0 unspecified atom stereocenters. The highest BCUT2D eigenvalue weighted by Crippen LogP contribution is 2.40. The molecule has 3 heterocycles. The summed E-state index contributed by atoms with van der Waals surface area (Å²) in [6.45, 7) is 1.54. The summed E-state index contributed by atoms with van der Waals surface area (Å²) in [4.78, 5) is 39.1. The molecule has 0 aromatic carbocycles. The first-order chi connectivity index (χ1) is 12.6. The van der Waals surface area contributed by atoms with Gasteiger partial charge in [-0.25, -0.2) is 4.79 Å². The molecule has 2 aromatic rings. The molecule has 9 heteroatoms. The maximum Gasteiger partial charge on any atom is 0.328 e. The summed E-state index contributed by atoms with van der Waals surface area (Å²) < 4.78 is 7.12. The van der Waals surface area contributed by atoms with Crippen molar-refractivity contribution in [2.75, 3.05) is 13.1 Å². The second-order valence-corrected chi connectivity index (χ2v) is 6.96. The summed E-state index contributed by atoms with van der Waals surface area (Å²) in [7, 11) is 0. The zero-order valence-corrected chi connectivity index (χ0v) is 14.4. The number of hydrogen-bond acceptors (Lipinski definition) is 6. The Balaban J connectivity index is 1.28. The van der Waals surface area contributed by atoms with Crippen LogP contribution in [0.4, 0.5) is 0 Å². The first-order valence-electron chi connectivity index (χ1n) is 9.01. The van der Waals surface area contributed by atoms with Crippen molar-refractivity contribution < 1.29 is 9.21 Å². The predicted molar refractivity (Wildman–Crippen MR) is 90.8 cm³/mol. The Morgan fingerprint density at radius 1 is 1.12 bits per heavy atom. The highest BCUT2D eigenvalue weighted by molar-refractivity contribution is 5.76. The van der Waals surface area contributed by atoms with Crippen LogP contribution in [-0.2, 0) is 11.3 Å². The van der Waals surface area contributed by atoms with Gasteiger partial charge < -0.3 is 13.9 Å². The highest BCUT2D eigenvalue weighted by Gasteiger charge is 2.32. The van der Waals surface area contributed by atoms with Gasteiger partial charge in [0.15, 0.2) is 0 Å². The van der Waals surface area contributed by atoms with Crippen LogP contribution in [0.3, 0.4) is 0 Å². The molecule has 9 nitrogen and oxygen atoms in total. The Bertz CT molecular complexity index is 902. The number of H-pyrrole nitrogens is 1. The number of piperidine rings is 1. The van der Waals surface area contributed by atoms with Gasteiger partial charge >= 0.3 is 5.69 Å². The molecule has 2 fully saturated rings. The van der Waals surface area contributed by atoms with E-state index in [1.807, 2.05) is 4.90 Å². The van der Waals surface area contributed by atoms with Gasteiger partial charge in [-0.15, -0.1) is 10.2 Å². The molecule has 1 aliphatic heterocycles. The van der Waals surface area contributed by atoms with Crippen LogP contribution >= 0.6 is 0 Å². The molecule has 0 spiro atoms. The number of carbonyl (C=O) groups is 1. The largest absolute Gasteiger partial charge is 0.425 e. The number of likely N-dealkylation sites (tertiary alicyclic amines) is 1. The predicted octanol–water partition coefficient (Wildman–Crippen LogP) is 0.593. The summed E-state index contributed by atoms with van der Waals surface area (Å²) in [5, 5.41) is 8.31. The van der Waals surface area contributed by atoms with Crippen LogP contribution < -0.4 is 11.2 Å². The van der Waals surface area contributed by atoms with Crippen LogP contribution in [0.25, 0.3) is 0 Å². The molecule has 1 amide bonds. The second kappa shape index (κ2) is 6.89. The third-order valence-electron chi connectivity index (χ3n) is 5.04. The minimum absolute atomic E-state index is 0.00532. The third kappa shape index (κ3) is 3.61. The van der Waals surface area contributed by atoms with Crippen molar-refractivity contribution in [1.29, 1.82) is 0 Å². The van der Waals surface area contributed by atoms with Gasteiger partial charge in [-0.1, -0.05) is 0 Å². The molecule has 0 bridgehead atoms. The van der Waals surface area contributed by atoms with E-state index < -0.39 is 11.2 Å². The number of aromatic amines is 1. The van der Waals surface area contributed by atoms with Crippen LogP contribution in [0.5, 0.6) is 0 Å². The lowest BCUT2D eigenvalue weighted by molar-refractivity contribution is -0.132. The van der Waals surface area contributed by atoms with Crippen LogP contribution in [0.1, 0.15) is 55.7 Å². The van der Waals surface area contributed by atoms with E-state index >= 15 is 0 Å². The van der Waals surface area contributed by atoms with Gasteiger partial charge in [0.05, 0.1) is 0 Å². The SMILES string of the molecule is O=C(CCn1ccc(=O)[nH]c1=O)N1CCC(c2nnc(C3CC3)o2)CC1. The summed E-state index contributed by atoms with van der Waals surface area (Å²) >= 11 is 0. The van der Waals surface area contributed by atoms with Crippen LogP contribution in [0, 0.1) is 0 Å². The first kappa shape index (κ1) is 16.7. The van der Waals surface area contributed by atoms with Gasteiger partial charge in [-0.2, -0.15) is 0 Å². The molecule has 1 N–H and O–H groups in total. The summed E-state index contributed by atoms with van der Waals surface area (Å²) in [6.07, 6.45) is 5.50. The quantitative estimate of drug-likeness (QED) is 0.836. The topological polar surface area (TPSA) is 114 Å². The fourth-order valence-electron chi connectivity index (χ4n) is 3.28. The number of nitrogens with zero attached hydrogens (tertiary/aromatic N) is 4. The summed E-state index contributed by atoms with van der Waals surface area (Å²) in [6, 6.07) is 1.28. The summed E-state index contributed by atoms with van der Waals surface area (Å²) in [5.74, 6) is 2.12. The number of aryl methyl sites for hydroxylation is 1. The minimum Gasteiger partial charge on any atom is -0.425 e. The number of nitrogens with one attached hydrogen (secondary N) is 1. The standard InChI is InChI=1S/C17H21N5O4/c23-13-5-9-22(17(25)18-13)10-6-14(24)21-7-3-12(4-8-21)16-20-19-15(26-16)11-1-2-11/h5,9,11-12H,1-4,6-8,10H2,(H,18,23,25). The number of amides is 1. The number of rotatable bonds is 5. The number of aromatic nitrogens is 4. The molecule has 1 saturated carbocycles. The average Bonchev–Trinajstić information content (AvgIpc) is 3.38. The van der Waals surface area contributed by atoms with Crippen molar-refractivity contribution in [3.05, 3.63) is 44.9 Å². The van der Waals surface area contributed by atoms with E-state index in [1.54, 1.807) is 0 Å². The molecular formula is C17H21N5O4. The van der Waals surface area contributed by atoms with E-state index in [4.69, 9.17) is 4.42 Å². The molecule has 2 aliphatic rings. The van der Waals surface area contributed by atoms with E-state index in [2.05, 4.69) is 15.2 Å². The van der Waals surface area contributed by atoms with Crippen molar-refractivity contribution in [2.24, 2.45) is 0 Å². The van der Waals surface area contributed by atoms with E-state index in [0.29, 0.717) is 24.9 Å². The average molecular weight is 359 g/mol. The third-order valence-corrected chi connectivity index (χ3v) is 5.04. The molecule has 26 heavy (non-hydrogen) atoms. The highest BCUT2D eigenvalue weighted by atomic mass is 16.4. The van der Waals surface area contributed by atoms with E-state index in [-0.39, 0.29) is 24.8 Å². The second-order valence-electron chi connectivity index (χ2n) is 6.96. The molecule has 4 rings (SSSR count). The van der Waals surface area contributed by atoms with E-state index in [9.17, 15) is 14.4 Å². The van der Waals surface area contributed by atoms with Crippen molar-refractivity contribution >= 4 is 5.91 Å². The molecular weight excluding hydrogens is 338 g/mol. The van der Waals surface area contributed by atoms with Crippen molar-refractivity contribution in [1.82, 2.24) is 24.6 Å². The Kier molecular flexibility index (Phi) is 4.44. The lowest BCUT2D eigenvalue weighted by atomic mass is 9.96. The zero-order valence-electron chi connectivity index (χ0n) is 14.4. The fourth-order valence-corrected chi connectivity index (χ4v) is 3.28. The van der Waals surface area contributed by atoms with Crippen LogP contribution in [0.2, 0.25) is 0 Å². The lowest BCUT2D eigenvalue weighted by Crippen LogP contribution is -2.39. The van der Waals surface area contributed by atoms with Gasteiger partial charge in [0.2, 0.25) is 17.7 Å². The van der Waals surface area contributed by atoms with Crippen LogP contribution in [0.15, 0.2) is 26.3 Å². The lowest BCUT2D eigenvalue weighted by Gasteiger charge is -2.30. The molecule has 138 valence electrons. The summed E-state index contributed by atoms with van der Waals surface area (Å²) in [5.41, 5.74) is -0.933. The minimum atomic E-state index is -0.494. The van der Waals surface area contributed by atoms with Gasteiger partial charge in [0.1, 0.15) is 0 Å². The van der Waals surface area contributed by atoms with Crippen molar-refractivity contribution in [2.45, 2.75) is 50.5 Å². The Morgan fingerprint density at radius 2 is 1.77 bits per heavy atom. The number of hydrogen-bond donors (Lipinski definition) is 1. The van der Waals surface area contributed by atoms with Crippen molar-refractivity contribution in [3.8, 4) is 0 Å². The molecule has 1 saturated heterocycles.